The number of nitrogens with one attached hydrogen (secondary N) is 1. The number of rotatable bonds is 6. The first-order chi connectivity index (χ1) is 13.5. The van der Waals surface area contributed by atoms with Gasteiger partial charge in [0, 0.05) is 11.9 Å². The number of para-hydroxylation sites is 1. The molecular weight excluding hydrogens is 357 g/mol. The Labute approximate surface area is 162 Å². The van der Waals surface area contributed by atoms with Crippen LogP contribution in [0.2, 0.25) is 0 Å². The van der Waals surface area contributed by atoms with E-state index < -0.39 is 5.91 Å². The Morgan fingerprint density at radius 1 is 1.29 bits per heavy atom. The second-order valence-corrected chi connectivity index (χ2v) is 7.15. The van der Waals surface area contributed by atoms with Crippen molar-refractivity contribution in [3.05, 3.63) is 65.2 Å². The van der Waals surface area contributed by atoms with Gasteiger partial charge in [-0.25, -0.2) is 14.4 Å². The number of nitrogens with zero attached hydrogens (tertiary/aromatic N) is 3. The van der Waals surface area contributed by atoms with Gasteiger partial charge in [-0.1, -0.05) is 18.2 Å². The summed E-state index contributed by atoms with van der Waals surface area (Å²) in [6.45, 7) is 4.65. The van der Waals surface area contributed by atoms with E-state index in [1.807, 2.05) is 12.1 Å². The van der Waals surface area contributed by atoms with Gasteiger partial charge in [0.05, 0.1) is 17.1 Å². The lowest BCUT2D eigenvalue weighted by Gasteiger charge is -2.35. The average Bonchev–Trinajstić information content (AvgIpc) is 2.65. The molecule has 1 atom stereocenters. The van der Waals surface area contributed by atoms with Gasteiger partial charge in [-0.2, -0.15) is 0 Å². The second kappa shape index (κ2) is 7.52. The number of carbonyl (C=O) groups excluding carboxylic acids is 1. The third kappa shape index (κ3) is 3.53. The summed E-state index contributed by atoms with van der Waals surface area (Å²) in [5.41, 5.74) is 7.96. The summed E-state index contributed by atoms with van der Waals surface area (Å²) in [5.74, 6) is -0.118. The van der Waals surface area contributed by atoms with Gasteiger partial charge < -0.3 is 16.0 Å². The maximum absolute atomic E-state index is 13.8. The van der Waals surface area contributed by atoms with Crippen LogP contribution in [0.3, 0.4) is 0 Å². The van der Waals surface area contributed by atoms with E-state index in [-0.39, 0.29) is 11.9 Å². The average molecular weight is 379 g/mol. The normalized spacial score (nSPS) is 15.2. The third-order valence-electron chi connectivity index (χ3n) is 5.22. The second-order valence-electron chi connectivity index (χ2n) is 7.15. The molecule has 3 N–H and O–H groups in total. The summed E-state index contributed by atoms with van der Waals surface area (Å²) < 4.78 is 13.8. The molecule has 3 aromatic rings. The highest BCUT2D eigenvalue weighted by Gasteiger charge is 2.22. The lowest BCUT2D eigenvalue weighted by Crippen LogP contribution is -2.41. The number of hydrogen-bond donors (Lipinski definition) is 2. The number of nitrogens with two attached hydrogens (primary N) is 1. The van der Waals surface area contributed by atoms with Gasteiger partial charge in [-0.05, 0) is 55.8 Å². The first-order valence-corrected chi connectivity index (χ1v) is 9.31. The molecule has 1 aromatic heterocycles. The van der Waals surface area contributed by atoms with Crippen molar-refractivity contribution < 1.29 is 9.18 Å². The van der Waals surface area contributed by atoms with Crippen LogP contribution in [0.15, 0.2) is 42.7 Å². The lowest BCUT2D eigenvalue weighted by atomic mass is 10.0. The van der Waals surface area contributed by atoms with Crippen LogP contribution in [0.1, 0.15) is 33.9 Å². The zero-order valence-electron chi connectivity index (χ0n) is 15.7. The molecule has 4 rings (SSSR count). The molecule has 1 amide bonds. The van der Waals surface area contributed by atoms with Crippen molar-refractivity contribution >= 4 is 22.6 Å². The van der Waals surface area contributed by atoms with E-state index in [1.165, 1.54) is 18.8 Å². The van der Waals surface area contributed by atoms with Crippen LogP contribution >= 0.6 is 0 Å². The molecule has 2 aromatic carbocycles. The van der Waals surface area contributed by atoms with Gasteiger partial charge in [-0.15, -0.1) is 0 Å². The molecule has 7 heteroatoms. The molecule has 0 radical (unpaired) electrons. The SMILES string of the molecule is Cc1cc(C(CN2CCC2)Nc2ncnc3c(C(N)=O)cccc23)ccc1F. The minimum absolute atomic E-state index is 0.0741. The number of benzene rings is 2. The molecule has 0 saturated carbocycles. The van der Waals surface area contributed by atoms with Gasteiger partial charge in [0.2, 0.25) is 0 Å². The van der Waals surface area contributed by atoms with E-state index in [0.29, 0.717) is 22.5 Å². The Morgan fingerprint density at radius 3 is 2.79 bits per heavy atom. The highest BCUT2D eigenvalue weighted by Crippen LogP contribution is 2.28. The highest BCUT2D eigenvalue weighted by molar-refractivity contribution is 6.06. The number of primary amides is 1. The fourth-order valence-electron chi connectivity index (χ4n) is 3.51. The summed E-state index contributed by atoms with van der Waals surface area (Å²) in [7, 11) is 0. The van der Waals surface area contributed by atoms with Crippen molar-refractivity contribution in [1.29, 1.82) is 0 Å². The summed E-state index contributed by atoms with van der Waals surface area (Å²) in [5, 5.41) is 4.21. The summed E-state index contributed by atoms with van der Waals surface area (Å²) >= 11 is 0. The number of fused-ring (bicyclic) bond motifs is 1. The van der Waals surface area contributed by atoms with Crippen molar-refractivity contribution in [2.45, 2.75) is 19.4 Å². The fraction of sp³-hybridized carbons (Fsp3) is 0.286. The van der Waals surface area contributed by atoms with Gasteiger partial charge in [0.15, 0.2) is 0 Å². The van der Waals surface area contributed by atoms with Crippen LogP contribution in [-0.2, 0) is 0 Å². The maximum atomic E-state index is 13.8. The zero-order chi connectivity index (χ0) is 19.7. The Hall–Kier alpha value is -3.06. The third-order valence-corrected chi connectivity index (χ3v) is 5.22. The predicted octanol–water partition coefficient (Wildman–Crippen LogP) is 3.04. The van der Waals surface area contributed by atoms with Gasteiger partial charge >= 0.3 is 0 Å². The number of halogens is 1. The quantitative estimate of drug-likeness (QED) is 0.688. The van der Waals surface area contributed by atoms with Crippen molar-refractivity contribution in [3.8, 4) is 0 Å². The first-order valence-electron chi connectivity index (χ1n) is 9.31. The smallest absolute Gasteiger partial charge is 0.250 e. The van der Waals surface area contributed by atoms with E-state index in [1.54, 1.807) is 25.1 Å². The van der Waals surface area contributed by atoms with Crippen molar-refractivity contribution in [2.75, 3.05) is 25.0 Å². The molecule has 2 heterocycles. The largest absolute Gasteiger partial charge is 0.366 e. The number of aromatic nitrogens is 2. The van der Waals surface area contributed by atoms with Gasteiger partial charge in [-0.3, -0.25) is 4.79 Å². The highest BCUT2D eigenvalue weighted by atomic mass is 19.1. The van der Waals surface area contributed by atoms with Crippen LogP contribution in [0, 0.1) is 12.7 Å². The van der Waals surface area contributed by atoms with Crippen molar-refractivity contribution in [3.63, 3.8) is 0 Å². The molecule has 1 aliphatic rings. The standard InChI is InChI=1S/C21H22FN5O/c1-13-10-14(6-7-17(13)22)18(11-27-8-3-9-27)26-21-16-5-2-4-15(20(23)28)19(16)24-12-25-21/h2,4-7,10,12,18H,3,8-9,11H2,1H3,(H2,23,28)(H,24,25,26). The van der Waals surface area contributed by atoms with E-state index in [2.05, 4.69) is 20.2 Å². The van der Waals surface area contributed by atoms with E-state index >= 15 is 0 Å². The molecular formula is C21H22FN5O. The zero-order valence-corrected chi connectivity index (χ0v) is 15.7. The Bertz CT molecular complexity index is 1030. The maximum Gasteiger partial charge on any atom is 0.250 e. The fourth-order valence-corrected chi connectivity index (χ4v) is 3.51. The van der Waals surface area contributed by atoms with Gasteiger partial charge in [0.1, 0.15) is 18.0 Å². The summed E-state index contributed by atoms with van der Waals surface area (Å²) in [4.78, 5) is 22.7. The van der Waals surface area contributed by atoms with Crippen LogP contribution in [0.4, 0.5) is 10.2 Å². The van der Waals surface area contributed by atoms with Crippen molar-refractivity contribution in [1.82, 2.24) is 14.9 Å². The number of carbonyl (C=O) groups is 1. The number of likely N-dealkylation sites (tertiary alicyclic amines) is 1. The van der Waals surface area contributed by atoms with Gasteiger partial charge in [0.25, 0.3) is 5.91 Å². The summed E-state index contributed by atoms with van der Waals surface area (Å²) in [6.07, 6.45) is 2.61. The topological polar surface area (TPSA) is 84.1 Å². The minimum atomic E-state index is -0.526. The number of amides is 1. The molecule has 1 saturated heterocycles. The number of aryl methyl sites for hydroxylation is 1. The Morgan fingerprint density at radius 2 is 2.11 bits per heavy atom. The molecule has 1 fully saturated rings. The Balaban J connectivity index is 1.73. The molecule has 28 heavy (non-hydrogen) atoms. The molecule has 0 aliphatic carbocycles. The molecule has 1 unspecified atom stereocenters. The Kier molecular flexibility index (Phi) is 4.92. The molecule has 0 bridgehead atoms. The lowest BCUT2D eigenvalue weighted by molar-refractivity contribution is 0.100. The predicted molar refractivity (Wildman–Crippen MR) is 107 cm³/mol. The molecule has 1 aliphatic heterocycles. The minimum Gasteiger partial charge on any atom is -0.366 e. The van der Waals surface area contributed by atoms with E-state index in [9.17, 15) is 9.18 Å². The summed E-state index contributed by atoms with van der Waals surface area (Å²) in [6, 6.07) is 10.4. The monoisotopic (exact) mass is 379 g/mol. The molecule has 6 nitrogen and oxygen atoms in total. The molecule has 0 spiro atoms. The molecule has 144 valence electrons. The van der Waals surface area contributed by atoms with Crippen LogP contribution in [-0.4, -0.2) is 40.4 Å². The van der Waals surface area contributed by atoms with Crippen LogP contribution in [0.25, 0.3) is 10.9 Å². The van der Waals surface area contributed by atoms with E-state index in [0.717, 1.165) is 30.6 Å². The van der Waals surface area contributed by atoms with Crippen LogP contribution in [0.5, 0.6) is 0 Å². The first kappa shape index (κ1) is 18.3. The van der Waals surface area contributed by atoms with Crippen molar-refractivity contribution in [2.24, 2.45) is 5.73 Å². The van der Waals surface area contributed by atoms with E-state index in [4.69, 9.17) is 5.73 Å². The number of anilines is 1. The number of hydrogen-bond acceptors (Lipinski definition) is 5. The van der Waals surface area contributed by atoms with Crippen LogP contribution < -0.4 is 11.1 Å².